The average molecular weight is 365 g/mol. The van der Waals surface area contributed by atoms with Crippen molar-refractivity contribution in [1.82, 2.24) is 24.9 Å². The predicted octanol–water partition coefficient (Wildman–Crippen LogP) is 3.28. The first-order valence-corrected chi connectivity index (χ1v) is 9.21. The van der Waals surface area contributed by atoms with Gasteiger partial charge in [0.25, 0.3) is 0 Å². The van der Waals surface area contributed by atoms with E-state index in [1.54, 1.807) is 15.9 Å². The number of nitrogens with zero attached hydrogens (tertiary/aromatic N) is 4. The third kappa shape index (κ3) is 2.88. The second kappa shape index (κ2) is 6.06. The van der Waals surface area contributed by atoms with Crippen molar-refractivity contribution in [2.24, 2.45) is 0 Å². The quantitative estimate of drug-likeness (QED) is 0.586. The van der Waals surface area contributed by atoms with Crippen molar-refractivity contribution in [2.75, 3.05) is 0 Å². The first-order valence-electron chi connectivity index (χ1n) is 8.39. The molecule has 1 aliphatic carbocycles. The topological polar surface area (TPSA) is 89.6 Å². The molecule has 3 aromatic heterocycles. The van der Waals surface area contributed by atoms with Crippen molar-refractivity contribution in [1.29, 1.82) is 0 Å². The number of hydrogen-bond acceptors (Lipinski definition) is 6. The van der Waals surface area contributed by atoms with Crippen molar-refractivity contribution < 1.29 is 4.52 Å². The molecule has 8 heteroatoms. The van der Waals surface area contributed by atoms with Gasteiger partial charge >= 0.3 is 5.69 Å². The van der Waals surface area contributed by atoms with Gasteiger partial charge in [-0.15, -0.1) is 11.3 Å². The summed E-state index contributed by atoms with van der Waals surface area (Å²) in [6, 6.07) is 12.2. The summed E-state index contributed by atoms with van der Waals surface area (Å²) in [6.45, 7) is 0.519. The highest BCUT2D eigenvalue weighted by Crippen LogP contribution is 2.39. The van der Waals surface area contributed by atoms with E-state index in [0.29, 0.717) is 18.3 Å². The van der Waals surface area contributed by atoms with Crippen LogP contribution < -0.4 is 5.69 Å². The Balaban J connectivity index is 1.35. The summed E-state index contributed by atoms with van der Waals surface area (Å²) in [5.74, 6) is 1.86. The van der Waals surface area contributed by atoms with Gasteiger partial charge in [-0.2, -0.15) is 10.1 Å². The summed E-state index contributed by atoms with van der Waals surface area (Å²) >= 11 is 1.66. The Morgan fingerprint density at radius 1 is 1.15 bits per heavy atom. The van der Waals surface area contributed by atoms with Gasteiger partial charge < -0.3 is 4.52 Å². The molecular weight excluding hydrogens is 350 g/mol. The number of aromatic amines is 1. The molecule has 0 saturated heterocycles. The fourth-order valence-corrected chi connectivity index (χ4v) is 3.81. The summed E-state index contributed by atoms with van der Waals surface area (Å²) in [4.78, 5) is 18.3. The smallest absolute Gasteiger partial charge is 0.339 e. The van der Waals surface area contributed by atoms with Crippen LogP contribution in [0.25, 0.3) is 21.8 Å². The number of hydrogen-bond donors (Lipinski definition) is 1. The molecule has 0 amide bonds. The van der Waals surface area contributed by atoms with E-state index < -0.39 is 0 Å². The Labute approximate surface area is 152 Å². The molecule has 0 bridgehead atoms. The molecule has 0 unspecified atom stereocenters. The SMILES string of the molecule is O=c1[nH]ncn1Cc1ccc(-c2ccc(-c3noc(C4CC4)n3)cc2)s1. The molecule has 1 aromatic carbocycles. The van der Waals surface area contributed by atoms with Crippen molar-refractivity contribution in [2.45, 2.75) is 25.3 Å². The maximum atomic E-state index is 11.6. The lowest BCUT2D eigenvalue weighted by molar-refractivity contribution is 0.380. The van der Waals surface area contributed by atoms with Gasteiger partial charge in [0.15, 0.2) is 0 Å². The zero-order valence-electron chi connectivity index (χ0n) is 13.8. The Bertz CT molecular complexity index is 1100. The highest BCUT2D eigenvalue weighted by molar-refractivity contribution is 7.15. The van der Waals surface area contributed by atoms with E-state index >= 15 is 0 Å². The Hall–Kier alpha value is -3.00. The number of benzene rings is 1. The third-order valence-corrected chi connectivity index (χ3v) is 5.52. The van der Waals surface area contributed by atoms with Crippen molar-refractivity contribution in [3.63, 3.8) is 0 Å². The van der Waals surface area contributed by atoms with Gasteiger partial charge in [0.05, 0.1) is 6.54 Å². The minimum Gasteiger partial charge on any atom is -0.339 e. The molecule has 1 aliphatic rings. The van der Waals surface area contributed by atoms with Gasteiger partial charge in [0, 0.05) is 21.2 Å². The Morgan fingerprint density at radius 2 is 1.96 bits per heavy atom. The summed E-state index contributed by atoms with van der Waals surface area (Å²) in [6.07, 6.45) is 3.80. The van der Waals surface area contributed by atoms with E-state index in [4.69, 9.17) is 4.52 Å². The van der Waals surface area contributed by atoms with Crippen LogP contribution in [0.1, 0.15) is 29.5 Å². The fourth-order valence-electron chi connectivity index (χ4n) is 2.80. The molecular formula is C18H15N5O2S. The molecule has 1 saturated carbocycles. The maximum Gasteiger partial charge on any atom is 0.343 e. The summed E-state index contributed by atoms with van der Waals surface area (Å²) in [5.41, 5.74) is 1.87. The normalized spacial score (nSPS) is 14.0. The van der Waals surface area contributed by atoms with Gasteiger partial charge in [-0.25, -0.2) is 9.89 Å². The van der Waals surface area contributed by atoms with Gasteiger partial charge in [0.2, 0.25) is 11.7 Å². The van der Waals surface area contributed by atoms with Crippen molar-refractivity contribution >= 4 is 11.3 Å². The first kappa shape index (κ1) is 15.3. The van der Waals surface area contributed by atoms with E-state index in [9.17, 15) is 4.79 Å². The molecule has 130 valence electrons. The minimum absolute atomic E-state index is 0.199. The molecule has 5 rings (SSSR count). The minimum atomic E-state index is -0.199. The molecule has 0 radical (unpaired) electrons. The second-order valence-corrected chi connectivity index (χ2v) is 7.53. The highest BCUT2D eigenvalue weighted by atomic mass is 32.1. The molecule has 1 N–H and O–H groups in total. The van der Waals surface area contributed by atoms with E-state index in [-0.39, 0.29) is 5.69 Å². The zero-order chi connectivity index (χ0) is 17.5. The zero-order valence-corrected chi connectivity index (χ0v) is 14.6. The van der Waals surface area contributed by atoms with E-state index in [1.807, 2.05) is 18.2 Å². The van der Waals surface area contributed by atoms with Gasteiger partial charge in [-0.05, 0) is 30.5 Å². The Kier molecular flexibility index (Phi) is 3.56. The number of rotatable bonds is 5. The largest absolute Gasteiger partial charge is 0.343 e. The first-order chi connectivity index (χ1) is 12.8. The van der Waals surface area contributed by atoms with E-state index in [0.717, 1.165) is 39.6 Å². The van der Waals surface area contributed by atoms with Gasteiger partial charge in [-0.1, -0.05) is 29.4 Å². The fraction of sp³-hybridized carbons (Fsp3) is 0.222. The van der Waals surface area contributed by atoms with Crippen molar-refractivity contribution in [3.05, 3.63) is 64.0 Å². The number of H-pyrrole nitrogens is 1. The second-order valence-electron chi connectivity index (χ2n) is 6.36. The molecule has 0 atom stereocenters. The molecule has 1 fully saturated rings. The third-order valence-electron chi connectivity index (χ3n) is 4.40. The summed E-state index contributed by atoms with van der Waals surface area (Å²) in [7, 11) is 0. The van der Waals surface area contributed by atoms with Gasteiger partial charge in [0.1, 0.15) is 6.33 Å². The summed E-state index contributed by atoms with van der Waals surface area (Å²) < 4.78 is 6.87. The van der Waals surface area contributed by atoms with Crippen molar-refractivity contribution in [3.8, 4) is 21.8 Å². The number of aromatic nitrogens is 5. The maximum absolute atomic E-state index is 11.6. The number of thiophene rings is 1. The van der Waals surface area contributed by atoms with Crippen LogP contribution in [0.2, 0.25) is 0 Å². The van der Waals surface area contributed by atoms with Crippen LogP contribution in [0.4, 0.5) is 0 Å². The molecule has 4 aromatic rings. The predicted molar refractivity (Wildman–Crippen MR) is 97.0 cm³/mol. The lowest BCUT2D eigenvalue weighted by Gasteiger charge is -1.99. The monoisotopic (exact) mass is 365 g/mol. The van der Waals surface area contributed by atoms with Crippen LogP contribution in [-0.2, 0) is 6.54 Å². The molecule has 7 nitrogen and oxygen atoms in total. The van der Waals surface area contributed by atoms with E-state index in [2.05, 4.69) is 38.5 Å². The molecule has 0 aliphatic heterocycles. The van der Waals surface area contributed by atoms with Crippen LogP contribution in [0.5, 0.6) is 0 Å². The lowest BCUT2D eigenvalue weighted by Crippen LogP contribution is -2.16. The van der Waals surface area contributed by atoms with E-state index in [1.165, 1.54) is 6.33 Å². The number of nitrogens with one attached hydrogen (secondary N) is 1. The lowest BCUT2D eigenvalue weighted by atomic mass is 10.1. The van der Waals surface area contributed by atoms with Crippen LogP contribution in [0.3, 0.4) is 0 Å². The standard InChI is InChI=1S/C18H15N5O2S/c24-18-21-19-10-23(18)9-14-7-8-15(26-14)11-1-3-12(4-2-11)16-20-17(25-22-16)13-5-6-13/h1-4,7-8,10,13H,5-6,9H2,(H,21,24). The molecule has 0 spiro atoms. The van der Waals surface area contributed by atoms with Gasteiger partial charge in [-0.3, -0.25) is 4.57 Å². The highest BCUT2D eigenvalue weighted by Gasteiger charge is 2.29. The summed E-state index contributed by atoms with van der Waals surface area (Å²) in [5, 5.41) is 10.2. The van der Waals surface area contributed by atoms with Crippen LogP contribution >= 0.6 is 11.3 Å². The molecule has 3 heterocycles. The van der Waals surface area contributed by atoms with Crippen LogP contribution in [0, 0.1) is 0 Å². The van der Waals surface area contributed by atoms with Crippen LogP contribution in [-0.4, -0.2) is 24.9 Å². The average Bonchev–Trinajstić information content (AvgIpc) is 3.06. The van der Waals surface area contributed by atoms with Crippen LogP contribution in [0.15, 0.2) is 52.0 Å². The molecule has 26 heavy (non-hydrogen) atoms. The Morgan fingerprint density at radius 3 is 2.69 bits per heavy atom.